The minimum absolute atomic E-state index is 0.278. The molecule has 1 fully saturated rings. The first-order chi connectivity index (χ1) is 10.6. The van der Waals surface area contributed by atoms with Gasteiger partial charge < -0.3 is 9.64 Å². The van der Waals surface area contributed by atoms with Gasteiger partial charge >= 0.3 is 0 Å². The molecule has 2 aromatic rings. The fourth-order valence-electron chi connectivity index (χ4n) is 2.21. The Bertz CT molecular complexity index is 653. The van der Waals surface area contributed by atoms with Gasteiger partial charge in [-0.2, -0.15) is 0 Å². The highest BCUT2D eigenvalue weighted by Crippen LogP contribution is 2.27. The van der Waals surface area contributed by atoms with E-state index in [1.165, 1.54) is 0 Å². The summed E-state index contributed by atoms with van der Waals surface area (Å²) in [5, 5.41) is 9.36. The van der Waals surface area contributed by atoms with Gasteiger partial charge in [-0.05, 0) is 25.4 Å². The summed E-state index contributed by atoms with van der Waals surface area (Å²) in [5.74, 6) is 1.56. The van der Waals surface area contributed by atoms with Crippen molar-refractivity contribution in [1.82, 2.24) is 20.2 Å². The molecule has 1 saturated heterocycles. The molecular formula is C13H16ClN5OS2. The van der Waals surface area contributed by atoms with Gasteiger partial charge in [0, 0.05) is 18.4 Å². The summed E-state index contributed by atoms with van der Waals surface area (Å²) < 4.78 is 6.40. The summed E-state index contributed by atoms with van der Waals surface area (Å²) in [4.78, 5) is 10.9. The first kappa shape index (κ1) is 15.9. The zero-order chi connectivity index (χ0) is 15.5. The minimum atomic E-state index is 0.278. The maximum Gasteiger partial charge on any atom is 0.224 e. The maximum absolute atomic E-state index is 6.09. The number of aryl methyl sites for hydroxylation is 1. The van der Waals surface area contributed by atoms with E-state index >= 15 is 0 Å². The van der Waals surface area contributed by atoms with Gasteiger partial charge in [0.15, 0.2) is 4.34 Å². The number of rotatable bonds is 4. The molecule has 1 aliphatic heterocycles. The molecule has 0 radical (unpaired) electrons. The highest BCUT2D eigenvalue weighted by atomic mass is 35.5. The van der Waals surface area contributed by atoms with Crippen molar-refractivity contribution in [3.63, 3.8) is 0 Å². The van der Waals surface area contributed by atoms with Crippen LogP contribution in [0.1, 0.15) is 17.6 Å². The molecule has 1 atom stereocenters. The van der Waals surface area contributed by atoms with Gasteiger partial charge in [-0.25, -0.2) is 9.97 Å². The quantitative estimate of drug-likeness (QED) is 0.615. The molecule has 1 aliphatic rings. The van der Waals surface area contributed by atoms with Gasteiger partial charge in [0.05, 0.1) is 24.9 Å². The van der Waals surface area contributed by atoms with E-state index < -0.39 is 0 Å². The fourth-order valence-corrected chi connectivity index (χ4v) is 4.12. The van der Waals surface area contributed by atoms with E-state index in [2.05, 4.69) is 32.0 Å². The zero-order valence-electron chi connectivity index (χ0n) is 12.3. The van der Waals surface area contributed by atoms with Crippen LogP contribution in [0.25, 0.3) is 0 Å². The number of hydrogen-bond acceptors (Lipinski definition) is 8. The summed E-state index contributed by atoms with van der Waals surface area (Å²) in [6, 6.07) is 2.28. The van der Waals surface area contributed by atoms with Crippen molar-refractivity contribution >= 4 is 40.5 Å². The van der Waals surface area contributed by atoms with Crippen molar-refractivity contribution in [1.29, 1.82) is 0 Å². The number of aromatic nitrogens is 4. The second-order valence-corrected chi connectivity index (χ2v) is 7.72. The second kappa shape index (κ2) is 7.08. The number of thioether (sulfide) groups is 1. The Hall–Kier alpha value is -0.960. The van der Waals surface area contributed by atoms with Gasteiger partial charge in [-0.15, -0.1) is 10.2 Å². The molecule has 9 heteroatoms. The van der Waals surface area contributed by atoms with Gasteiger partial charge in [-0.3, -0.25) is 0 Å². The summed E-state index contributed by atoms with van der Waals surface area (Å²) >= 11 is 9.28. The molecule has 3 heterocycles. The van der Waals surface area contributed by atoms with Crippen LogP contribution in [0.2, 0.25) is 5.28 Å². The minimum Gasteiger partial charge on any atom is -0.377 e. The number of ether oxygens (including phenoxy) is 1. The molecule has 0 amide bonds. The molecular weight excluding hydrogens is 342 g/mol. The van der Waals surface area contributed by atoms with Gasteiger partial charge in [0.25, 0.3) is 0 Å². The Kier molecular flexibility index (Phi) is 5.12. The highest BCUT2D eigenvalue weighted by molar-refractivity contribution is 8.00. The van der Waals surface area contributed by atoms with E-state index in [1.54, 1.807) is 23.1 Å². The molecule has 118 valence electrons. The van der Waals surface area contributed by atoms with E-state index in [1.807, 2.05) is 13.0 Å². The lowest BCUT2D eigenvalue weighted by Gasteiger charge is -2.34. The second-order valence-electron chi connectivity index (χ2n) is 4.98. The normalized spacial score (nSPS) is 18.7. The molecule has 0 bridgehead atoms. The third kappa shape index (κ3) is 3.87. The molecule has 0 aliphatic carbocycles. The first-order valence-electron chi connectivity index (χ1n) is 6.92. The SMILES string of the molecule is Cc1nnc(SCc2cc(N3CCOC[C@@H]3C)nc(Cl)n2)s1. The molecule has 0 spiro atoms. The maximum atomic E-state index is 6.09. The number of hydrogen-bond donors (Lipinski definition) is 0. The van der Waals surface area contributed by atoms with E-state index in [0.717, 1.165) is 27.4 Å². The third-order valence-corrected chi connectivity index (χ3v) is 5.43. The molecule has 0 aromatic carbocycles. The number of nitrogens with zero attached hydrogens (tertiary/aromatic N) is 5. The Morgan fingerprint density at radius 3 is 3.05 bits per heavy atom. The van der Waals surface area contributed by atoms with Crippen molar-refractivity contribution in [2.75, 3.05) is 24.7 Å². The molecule has 0 saturated carbocycles. The topological polar surface area (TPSA) is 64.0 Å². The van der Waals surface area contributed by atoms with Crippen LogP contribution >= 0.6 is 34.7 Å². The van der Waals surface area contributed by atoms with E-state index in [-0.39, 0.29) is 11.3 Å². The number of halogens is 1. The highest BCUT2D eigenvalue weighted by Gasteiger charge is 2.21. The van der Waals surface area contributed by atoms with Gasteiger partial charge in [-0.1, -0.05) is 23.1 Å². The van der Waals surface area contributed by atoms with E-state index in [4.69, 9.17) is 16.3 Å². The Balaban J connectivity index is 1.74. The molecule has 22 heavy (non-hydrogen) atoms. The average Bonchev–Trinajstić information content (AvgIpc) is 2.91. The monoisotopic (exact) mass is 357 g/mol. The van der Waals surface area contributed by atoms with Crippen LogP contribution in [-0.2, 0) is 10.5 Å². The molecule has 6 nitrogen and oxygen atoms in total. The van der Waals surface area contributed by atoms with Crippen molar-refractivity contribution in [2.45, 2.75) is 30.0 Å². The Morgan fingerprint density at radius 1 is 1.45 bits per heavy atom. The summed E-state index contributed by atoms with van der Waals surface area (Å²) in [7, 11) is 0. The summed E-state index contributed by atoms with van der Waals surface area (Å²) in [6.45, 7) is 6.29. The Morgan fingerprint density at radius 2 is 2.32 bits per heavy atom. The lowest BCUT2D eigenvalue weighted by Crippen LogP contribution is -2.44. The van der Waals surface area contributed by atoms with Crippen LogP contribution in [0.5, 0.6) is 0 Å². The van der Waals surface area contributed by atoms with E-state index in [0.29, 0.717) is 19.0 Å². The molecule has 3 rings (SSSR count). The summed E-state index contributed by atoms with van der Waals surface area (Å²) in [6.07, 6.45) is 0. The smallest absolute Gasteiger partial charge is 0.224 e. The predicted octanol–water partition coefficient (Wildman–Crippen LogP) is 2.81. The van der Waals surface area contributed by atoms with Crippen LogP contribution in [-0.4, -0.2) is 46.0 Å². The molecule has 0 N–H and O–H groups in total. The van der Waals surface area contributed by atoms with E-state index in [9.17, 15) is 0 Å². The van der Waals surface area contributed by atoms with Crippen LogP contribution in [0.4, 0.5) is 5.82 Å². The largest absolute Gasteiger partial charge is 0.377 e. The van der Waals surface area contributed by atoms with Crippen molar-refractivity contribution in [2.24, 2.45) is 0 Å². The average molecular weight is 358 g/mol. The Labute approximate surface area is 142 Å². The first-order valence-corrected chi connectivity index (χ1v) is 9.10. The number of morpholine rings is 1. The van der Waals surface area contributed by atoms with Crippen molar-refractivity contribution < 1.29 is 4.74 Å². The predicted molar refractivity (Wildman–Crippen MR) is 88.9 cm³/mol. The lowest BCUT2D eigenvalue weighted by molar-refractivity contribution is 0.0985. The van der Waals surface area contributed by atoms with Crippen molar-refractivity contribution in [3.05, 3.63) is 22.1 Å². The fraction of sp³-hybridized carbons (Fsp3) is 0.538. The zero-order valence-corrected chi connectivity index (χ0v) is 14.7. The van der Waals surface area contributed by atoms with Crippen LogP contribution < -0.4 is 4.90 Å². The van der Waals surface area contributed by atoms with Crippen molar-refractivity contribution in [3.8, 4) is 0 Å². The lowest BCUT2D eigenvalue weighted by atomic mass is 10.2. The van der Waals surface area contributed by atoms with Crippen LogP contribution in [0, 0.1) is 6.92 Å². The molecule has 0 unspecified atom stereocenters. The van der Waals surface area contributed by atoms with Gasteiger partial charge in [0.2, 0.25) is 5.28 Å². The number of anilines is 1. The third-order valence-electron chi connectivity index (χ3n) is 3.25. The summed E-state index contributed by atoms with van der Waals surface area (Å²) in [5.41, 5.74) is 0.895. The van der Waals surface area contributed by atoms with Crippen LogP contribution in [0.15, 0.2) is 10.4 Å². The van der Waals surface area contributed by atoms with Gasteiger partial charge in [0.1, 0.15) is 10.8 Å². The van der Waals surface area contributed by atoms with Crippen LogP contribution in [0.3, 0.4) is 0 Å². The standard InChI is InChI=1S/C13H16ClN5OS2/c1-8-6-20-4-3-19(8)11-5-10(15-12(14)16-11)7-21-13-18-17-9(2)22-13/h5,8H,3-4,6-7H2,1-2H3/t8-/m0/s1. The molecule has 2 aromatic heterocycles.